The molecule has 0 saturated heterocycles. The lowest BCUT2D eigenvalue weighted by Gasteiger charge is -2.16. The van der Waals surface area contributed by atoms with Gasteiger partial charge in [-0.3, -0.25) is 4.99 Å². The number of nitrogens with one attached hydrogen (secondary N) is 2. The van der Waals surface area contributed by atoms with E-state index in [0.717, 1.165) is 47.6 Å². The molecule has 0 bridgehead atoms. The number of benzene rings is 1. The Morgan fingerprint density at radius 2 is 2.07 bits per heavy atom. The minimum absolute atomic E-state index is 0. The van der Waals surface area contributed by atoms with E-state index in [1.807, 2.05) is 18.2 Å². The van der Waals surface area contributed by atoms with E-state index >= 15 is 0 Å². The van der Waals surface area contributed by atoms with Gasteiger partial charge in [-0.1, -0.05) is 36.7 Å². The number of guanidine groups is 1. The van der Waals surface area contributed by atoms with E-state index in [1.165, 1.54) is 25.7 Å². The Labute approximate surface area is 200 Å². The van der Waals surface area contributed by atoms with Gasteiger partial charge in [0.2, 0.25) is 0 Å². The molecule has 1 heterocycles. The van der Waals surface area contributed by atoms with Gasteiger partial charge >= 0.3 is 0 Å². The largest absolute Gasteiger partial charge is 0.497 e. The number of rotatable bonds is 9. The Hall–Kier alpha value is -1.49. The molecule has 1 saturated carbocycles. The molecule has 3 rings (SSSR count). The molecule has 1 aromatic carbocycles. The van der Waals surface area contributed by atoms with E-state index in [2.05, 4.69) is 42.7 Å². The van der Waals surface area contributed by atoms with Crippen LogP contribution in [0.15, 0.2) is 34.4 Å². The first-order valence-corrected chi connectivity index (χ1v) is 11.5. The van der Waals surface area contributed by atoms with Crippen LogP contribution in [0.2, 0.25) is 0 Å². The van der Waals surface area contributed by atoms with Gasteiger partial charge in [0, 0.05) is 32.6 Å². The van der Waals surface area contributed by atoms with Crippen LogP contribution >= 0.6 is 35.7 Å². The summed E-state index contributed by atoms with van der Waals surface area (Å²) in [4.78, 5) is 4.31. The molecule has 0 aliphatic heterocycles. The third-order valence-corrected chi connectivity index (χ3v) is 5.94. The van der Waals surface area contributed by atoms with Crippen molar-refractivity contribution in [3.8, 4) is 5.75 Å². The van der Waals surface area contributed by atoms with E-state index in [9.17, 15) is 0 Å². The molecule has 0 radical (unpaired) electrons. The molecule has 166 valence electrons. The van der Waals surface area contributed by atoms with Crippen molar-refractivity contribution in [1.29, 1.82) is 0 Å². The summed E-state index contributed by atoms with van der Waals surface area (Å²) >= 11 is 1.69. The predicted octanol–water partition coefficient (Wildman–Crippen LogP) is 4.04. The van der Waals surface area contributed by atoms with Crippen molar-refractivity contribution in [2.75, 3.05) is 27.0 Å². The highest BCUT2D eigenvalue weighted by molar-refractivity contribution is 14.0. The normalized spacial score (nSPS) is 14.4. The monoisotopic (exact) mass is 544 g/mol. The number of methoxy groups -OCH3 is 1. The zero-order valence-corrected chi connectivity index (χ0v) is 21.2. The number of aryl methyl sites for hydroxylation is 1. The molecule has 1 aliphatic carbocycles. The molecule has 2 N–H and O–H groups in total. The smallest absolute Gasteiger partial charge is 0.191 e. The number of ether oxygens (including phenoxy) is 1. The lowest BCUT2D eigenvalue weighted by atomic mass is 10.2. The number of aromatic nitrogens is 3. The molecule has 0 atom stereocenters. The lowest BCUT2D eigenvalue weighted by molar-refractivity contribution is 0.414. The van der Waals surface area contributed by atoms with Gasteiger partial charge < -0.3 is 19.9 Å². The van der Waals surface area contributed by atoms with Gasteiger partial charge in [0.25, 0.3) is 0 Å². The second-order valence-electron chi connectivity index (χ2n) is 7.22. The fourth-order valence-corrected chi connectivity index (χ4v) is 4.36. The molecule has 2 aromatic rings. The van der Waals surface area contributed by atoms with Crippen LogP contribution in [0, 0.1) is 0 Å². The minimum atomic E-state index is 0. The summed E-state index contributed by atoms with van der Waals surface area (Å²) in [7, 11) is 3.48. The zero-order valence-electron chi connectivity index (χ0n) is 18.1. The number of nitrogens with zero attached hydrogens (tertiary/aromatic N) is 4. The maximum absolute atomic E-state index is 5.28. The Balaban J connectivity index is 0.00000320. The summed E-state index contributed by atoms with van der Waals surface area (Å²) in [6.45, 7) is 1.54. The molecule has 0 spiro atoms. The number of thioether (sulfide) groups is 1. The maximum Gasteiger partial charge on any atom is 0.191 e. The van der Waals surface area contributed by atoms with E-state index in [1.54, 1.807) is 25.9 Å². The van der Waals surface area contributed by atoms with Crippen LogP contribution in [-0.4, -0.2) is 47.7 Å². The second-order valence-corrected chi connectivity index (χ2v) is 7.99. The van der Waals surface area contributed by atoms with Crippen molar-refractivity contribution >= 4 is 41.7 Å². The maximum atomic E-state index is 5.28. The van der Waals surface area contributed by atoms with Crippen molar-refractivity contribution in [3.63, 3.8) is 0 Å². The highest BCUT2D eigenvalue weighted by Crippen LogP contribution is 2.33. The van der Waals surface area contributed by atoms with Gasteiger partial charge in [0.15, 0.2) is 11.1 Å². The van der Waals surface area contributed by atoms with Crippen molar-refractivity contribution in [1.82, 2.24) is 25.4 Å². The van der Waals surface area contributed by atoms with E-state index < -0.39 is 0 Å². The van der Waals surface area contributed by atoms with Gasteiger partial charge in [-0.15, -0.1) is 34.2 Å². The van der Waals surface area contributed by atoms with E-state index in [0.29, 0.717) is 12.6 Å². The quantitative estimate of drug-likeness (QED) is 0.163. The van der Waals surface area contributed by atoms with Gasteiger partial charge in [-0.2, -0.15) is 0 Å². The van der Waals surface area contributed by atoms with Crippen LogP contribution in [0.4, 0.5) is 0 Å². The lowest BCUT2D eigenvalue weighted by Crippen LogP contribution is -2.37. The first-order chi connectivity index (χ1) is 14.2. The Morgan fingerprint density at radius 3 is 2.77 bits per heavy atom. The van der Waals surface area contributed by atoms with Crippen LogP contribution in [-0.2, 0) is 13.0 Å². The third kappa shape index (κ3) is 6.76. The molecule has 9 heteroatoms. The standard InChI is InChI=1S/C21H32N6OS.HI/c1-22-20(24-15-16-8-6-11-18(14-16)28-2)23-13-7-12-19-25-26-21(29-3)27(19)17-9-4-5-10-17;/h6,8,11,14,17H,4-5,7,9-10,12-13,15H2,1-3H3,(H2,22,23,24);1H. The molecular weight excluding hydrogens is 511 g/mol. The topological polar surface area (TPSA) is 76.4 Å². The fourth-order valence-electron chi connectivity index (χ4n) is 3.79. The Kier molecular flexibility index (Phi) is 10.8. The third-order valence-electron chi connectivity index (χ3n) is 5.29. The molecule has 1 aromatic heterocycles. The van der Waals surface area contributed by atoms with Crippen molar-refractivity contribution < 1.29 is 4.74 Å². The molecule has 0 amide bonds. The van der Waals surface area contributed by atoms with Crippen LogP contribution in [0.5, 0.6) is 5.75 Å². The van der Waals surface area contributed by atoms with Crippen molar-refractivity contribution in [2.24, 2.45) is 4.99 Å². The summed E-state index contributed by atoms with van der Waals surface area (Å²) in [5, 5.41) is 16.7. The second kappa shape index (κ2) is 13.0. The summed E-state index contributed by atoms with van der Waals surface area (Å²) in [6, 6.07) is 8.62. The Bertz CT molecular complexity index is 807. The molecule has 1 aliphatic rings. The molecule has 30 heavy (non-hydrogen) atoms. The van der Waals surface area contributed by atoms with Gasteiger partial charge in [0.05, 0.1) is 7.11 Å². The van der Waals surface area contributed by atoms with Crippen molar-refractivity contribution in [3.05, 3.63) is 35.7 Å². The highest BCUT2D eigenvalue weighted by Gasteiger charge is 2.23. The first-order valence-electron chi connectivity index (χ1n) is 10.3. The fraction of sp³-hybridized carbons (Fsp3) is 0.571. The summed E-state index contributed by atoms with van der Waals surface area (Å²) < 4.78 is 7.66. The van der Waals surface area contributed by atoms with Crippen molar-refractivity contribution in [2.45, 2.75) is 56.3 Å². The SMILES string of the molecule is CN=C(NCCCc1nnc(SC)n1C1CCCC1)NCc1cccc(OC)c1.I. The van der Waals surface area contributed by atoms with Gasteiger partial charge in [0.1, 0.15) is 11.6 Å². The molecule has 0 unspecified atom stereocenters. The van der Waals surface area contributed by atoms with E-state index in [4.69, 9.17) is 4.74 Å². The number of halogens is 1. The average molecular weight is 545 g/mol. The van der Waals surface area contributed by atoms with Crippen LogP contribution in [0.25, 0.3) is 0 Å². The number of hydrogen-bond donors (Lipinski definition) is 2. The summed E-state index contributed by atoms with van der Waals surface area (Å²) in [5.41, 5.74) is 1.15. The zero-order chi connectivity index (χ0) is 20.5. The van der Waals surface area contributed by atoms with Crippen LogP contribution in [0.1, 0.15) is 49.5 Å². The van der Waals surface area contributed by atoms with Crippen LogP contribution < -0.4 is 15.4 Å². The average Bonchev–Trinajstić information content (AvgIpc) is 3.42. The highest BCUT2D eigenvalue weighted by atomic mass is 127. The summed E-state index contributed by atoms with van der Waals surface area (Å²) in [6.07, 6.45) is 9.11. The summed E-state index contributed by atoms with van der Waals surface area (Å²) in [5.74, 6) is 2.78. The number of hydrogen-bond acceptors (Lipinski definition) is 5. The predicted molar refractivity (Wildman–Crippen MR) is 134 cm³/mol. The molecule has 7 nitrogen and oxygen atoms in total. The van der Waals surface area contributed by atoms with Crippen LogP contribution in [0.3, 0.4) is 0 Å². The first kappa shape index (κ1) is 24.8. The minimum Gasteiger partial charge on any atom is -0.497 e. The Morgan fingerprint density at radius 1 is 1.27 bits per heavy atom. The molecule has 1 fully saturated rings. The van der Waals surface area contributed by atoms with Gasteiger partial charge in [-0.05, 0) is 43.2 Å². The van der Waals surface area contributed by atoms with Gasteiger partial charge in [-0.25, -0.2) is 0 Å². The molecular formula is C21H33IN6OS. The van der Waals surface area contributed by atoms with E-state index in [-0.39, 0.29) is 24.0 Å². The number of aliphatic imine (C=N–C) groups is 1.